The van der Waals surface area contributed by atoms with E-state index < -0.39 is 56.9 Å². The first kappa shape index (κ1) is 23.7. The van der Waals surface area contributed by atoms with Gasteiger partial charge in [-0.25, -0.2) is 0 Å². The predicted molar refractivity (Wildman–Crippen MR) is 62.3 cm³/mol. The summed E-state index contributed by atoms with van der Waals surface area (Å²) in [7, 11) is -7.01. The van der Waals surface area contributed by atoms with Gasteiger partial charge in [-0.05, 0) is 0 Å². The molecule has 18 heteroatoms. The van der Waals surface area contributed by atoms with Gasteiger partial charge in [-0.1, -0.05) is 0 Å². The molecule has 168 valence electrons. The molecule has 2 aliphatic heterocycles. The van der Waals surface area contributed by atoms with Crippen LogP contribution in [0.1, 0.15) is 6.42 Å². The Morgan fingerprint density at radius 3 is 1.14 bits per heavy atom. The number of rotatable bonds is 1. The molecule has 2 saturated heterocycles. The normalized spacial score (nSPS) is 28.7. The molecular weight excluding hydrogens is 459 g/mol. The van der Waals surface area contributed by atoms with Crippen LogP contribution in [-0.4, -0.2) is 56.2 Å². The quantitative estimate of drug-likeness (QED) is 0.402. The summed E-state index contributed by atoms with van der Waals surface area (Å²) in [6.07, 6.45) is -29.8. The van der Waals surface area contributed by atoms with Crippen LogP contribution in [0.3, 0.4) is 0 Å². The Balaban J connectivity index is 3.05. The van der Waals surface area contributed by atoms with Crippen molar-refractivity contribution in [3.63, 3.8) is 0 Å². The second-order valence-electron chi connectivity index (χ2n) is 5.48. The molecule has 2 rings (SSSR count). The van der Waals surface area contributed by atoms with E-state index in [0.717, 1.165) is 0 Å². The van der Waals surface area contributed by atoms with E-state index in [9.17, 15) is 52.7 Å². The summed E-state index contributed by atoms with van der Waals surface area (Å²) in [5, 5.41) is 0. The minimum absolute atomic E-state index is 0.128. The van der Waals surface area contributed by atoms with E-state index in [4.69, 9.17) is 0 Å². The van der Waals surface area contributed by atoms with Gasteiger partial charge in [-0.3, -0.25) is 0 Å². The van der Waals surface area contributed by atoms with Gasteiger partial charge in [0, 0.05) is 0 Å². The third-order valence-corrected chi connectivity index (χ3v) is 6.80. The van der Waals surface area contributed by atoms with Crippen molar-refractivity contribution in [2.45, 2.75) is 42.3 Å². The van der Waals surface area contributed by atoms with Crippen LogP contribution >= 0.6 is 7.74 Å². The molecule has 0 bridgehead atoms. The van der Waals surface area contributed by atoms with E-state index in [1.54, 1.807) is 0 Å². The van der Waals surface area contributed by atoms with E-state index in [-0.39, 0.29) is 13.5 Å². The summed E-state index contributed by atoms with van der Waals surface area (Å²) in [6.45, 7) is -1.94. The second-order valence-corrected chi connectivity index (χ2v) is 8.22. The second kappa shape index (κ2) is 5.97. The van der Waals surface area contributed by atoms with Gasteiger partial charge in [0.25, 0.3) is 0 Å². The van der Waals surface area contributed by atoms with Crippen molar-refractivity contribution < 1.29 is 75.3 Å². The fraction of sp³-hybridized carbons (Fsp3) is 1.00. The predicted octanol–water partition coefficient (Wildman–Crippen LogP) is 4.97. The molecule has 0 amide bonds. The zero-order valence-electron chi connectivity index (χ0n) is 13.1. The zero-order valence-corrected chi connectivity index (χ0v) is 14.0. The Morgan fingerprint density at radius 2 is 0.929 bits per heavy atom. The van der Waals surface area contributed by atoms with Gasteiger partial charge in [-0.2, -0.15) is 0 Å². The SMILES string of the molecule is COP12(OCCCO1)OC(C(F)(F)F)(C(F)(F)F)C(C(F)(F)F)(C(F)(F)F)O2. The van der Waals surface area contributed by atoms with Crippen LogP contribution in [0.2, 0.25) is 0 Å². The molecule has 0 aromatic rings. The molecule has 0 radical (unpaired) electrons. The molecule has 2 aliphatic rings. The molecular formula is C10H9F12O5P. The number of halogens is 12. The van der Waals surface area contributed by atoms with Crippen LogP contribution in [0.25, 0.3) is 0 Å². The Hall–Kier alpha value is -0.610. The Bertz CT molecular complexity index is 544. The molecule has 28 heavy (non-hydrogen) atoms. The van der Waals surface area contributed by atoms with Gasteiger partial charge < -0.3 is 0 Å². The third kappa shape index (κ3) is 2.73. The summed E-state index contributed by atoms with van der Waals surface area (Å²) in [5.74, 6) is 0. The summed E-state index contributed by atoms with van der Waals surface area (Å²) in [6, 6.07) is 0. The fourth-order valence-corrected chi connectivity index (χ4v) is 5.83. The van der Waals surface area contributed by atoms with Gasteiger partial charge in [0.05, 0.1) is 0 Å². The van der Waals surface area contributed by atoms with Crippen molar-refractivity contribution >= 4 is 7.74 Å². The van der Waals surface area contributed by atoms with Gasteiger partial charge in [0.1, 0.15) is 0 Å². The van der Waals surface area contributed by atoms with E-state index in [1.807, 2.05) is 0 Å². The zero-order chi connectivity index (χ0) is 22.1. The van der Waals surface area contributed by atoms with Crippen molar-refractivity contribution in [1.82, 2.24) is 0 Å². The molecule has 1 spiro atoms. The maximum absolute atomic E-state index is 13.4. The van der Waals surface area contributed by atoms with Crippen molar-refractivity contribution in [1.29, 1.82) is 0 Å². The molecule has 2 heterocycles. The first-order valence-corrected chi connectivity index (χ1v) is 8.65. The molecule has 0 saturated carbocycles. The molecule has 0 aliphatic carbocycles. The Kier molecular flexibility index (Phi) is 5.04. The van der Waals surface area contributed by atoms with Crippen molar-refractivity contribution in [3.05, 3.63) is 0 Å². The molecule has 0 aromatic carbocycles. The summed E-state index contributed by atoms with van der Waals surface area (Å²) < 4.78 is 181. The molecule has 2 fully saturated rings. The van der Waals surface area contributed by atoms with Crippen LogP contribution < -0.4 is 0 Å². The molecule has 0 N–H and O–H groups in total. The maximum atomic E-state index is 13.4. The first-order chi connectivity index (χ1) is 12.2. The van der Waals surface area contributed by atoms with Gasteiger partial charge in [-0.15, -0.1) is 0 Å². The van der Waals surface area contributed by atoms with E-state index in [1.165, 1.54) is 0 Å². The standard InChI is InChI=1S/C10H9F12O5P/c1-23-28(24-3-2-4-25-28)26-5(7(11,12)13,8(14,15)16)6(27-28,9(17,18)19)10(20,21)22/h2-4H2,1H3. The van der Waals surface area contributed by atoms with Crippen LogP contribution in [0, 0.1) is 0 Å². The topological polar surface area (TPSA) is 46.2 Å². The van der Waals surface area contributed by atoms with Crippen molar-refractivity contribution in [2.75, 3.05) is 20.3 Å². The first-order valence-electron chi connectivity index (χ1n) is 6.82. The van der Waals surface area contributed by atoms with Gasteiger partial charge in [0.15, 0.2) is 0 Å². The van der Waals surface area contributed by atoms with E-state index >= 15 is 0 Å². The van der Waals surface area contributed by atoms with E-state index in [2.05, 4.69) is 22.6 Å². The van der Waals surface area contributed by atoms with E-state index in [0.29, 0.717) is 0 Å². The Morgan fingerprint density at radius 1 is 0.643 bits per heavy atom. The average Bonchev–Trinajstić information content (AvgIpc) is 2.78. The summed E-state index contributed by atoms with van der Waals surface area (Å²) >= 11 is 0. The number of hydrogen-bond acceptors (Lipinski definition) is 5. The third-order valence-electron chi connectivity index (χ3n) is 3.86. The fourth-order valence-electron chi connectivity index (χ4n) is 2.73. The summed E-state index contributed by atoms with van der Waals surface area (Å²) in [5.41, 5.74) is -14.0. The van der Waals surface area contributed by atoms with Crippen molar-refractivity contribution in [3.8, 4) is 0 Å². The van der Waals surface area contributed by atoms with Crippen LogP contribution in [0.4, 0.5) is 52.7 Å². The van der Waals surface area contributed by atoms with Crippen LogP contribution in [0.5, 0.6) is 0 Å². The monoisotopic (exact) mass is 468 g/mol. The van der Waals surface area contributed by atoms with Gasteiger partial charge >= 0.3 is 146 Å². The molecule has 0 aromatic heterocycles. The minimum atomic E-state index is -7.36. The van der Waals surface area contributed by atoms with Crippen molar-refractivity contribution in [2.24, 2.45) is 0 Å². The molecule has 5 nitrogen and oxygen atoms in total. The van der Waals surface area contributed by atoms with Crippen LogP contribution in [-0.2, 0) is 22.6 Å². The summed E-state index contributed by atoms with van der Waals surface area (Å²) in [4.78, 5) is 0. The van der Waals surface area contributed by atoms with Gasteiger partial charge in [0.2, 0.25) is 0 Å². The number of hydrogen-bond donors (Lipinski definition) is 0. The molecule has 0 unspecified atom stereocenters. The Labute approximate surface area is 147 Å². The van der Waals surface area contributed by atoms with Crippen LogP contribution in [0.15, 0.2) is 0 Å². The average molecular weight is 468 g/mol. The number of alkyl halides is 12. The molecule has 0 atom stereocenters.